The molecule has 2 aromatic heterocycles. The normalized spacial score (nSPS) is 15.1. The van der Waals surface area contributed by atoms with Gasteiger partial charge in [0.15, 0.2) is 0 Å². The fourth-order valence-corrected chi connectivity index (χ4v) is 2.89. The Kier molecular flexibility index (Phi) is 3.06. The number of hydrogen-bond acceptors (Lipinski definition) is 2. The Morgan fingerprint density at radius 2 is 1.95 bits per heavy atom. The molecule has 0 amide bonds. The maximum absolute atomic E-state index is 13.0. The van der Waals surface area contributed by atoms with Crippen molar-refractivity contribution < 1.29 is 4.39 Å². The number of nitrogens with zero attached hydrogens (tertiary/aromatic N) is 3. The van der Waals surface area contributed by atoms with Crippen molar-refractivity contribution in [3.63, 3.8) is 0 Å². The summed E-state index contributed by atoms with van der Waals surface area (Å²) < 4.78 is 16.4. The minimum Gasteiger partial charge on any atom is -0.312 e. The van der Waals surface area contributed by atoms with E-state index < -0.39 is 0 Å². The maximum Gasteiger partial charge on any atom is 0.276 e. The summed E-state index contributed by atoms with van der Waals surface area (Å²) in [6.07, 6.45) is 7.29. The van der Waals surface area contributed by atoms with Gasteiger partial charge in [0.25, 0.3) is 5.56 Å². The SMILES string of the molecule is O=c1c2cc(-c3ccc(F)cc3)nn2ccn1CC1CCC1. The summed E-state index contributed by atoms with van der Waals surface area (Å²) in [5.74, 6) is 0.343. The molecule has 0 radical (unpaired) electrons. The Labute approximate surface area is 126 Å². The molecule has 0 atom stereocenters. The Morgan fingerprint density at radius 3 is 2.64 bits per heavy atom. The largest absolute Gasteiger partial charge is 0.312 e. The second-order valence-corrected chi connectivity index (χ2v) is 5.92. The molecule has 0 spiro atoms. The molecule has 0 unspecified atom stereocenters. The quantitative estimate of drug-likeness (QED) is 0.745. The maximum atomic E-state index is 13.0. The van der Waals surface area contributed by atoms with Crippen molar-refractivity contribution in [2.75, 3.05) is 0 Å². The van der Waals surface area contributed by atoms with Gasteiger partial charge in [-0.15, -0.1) is 0 Å². The molecule has 0 bridgehead atoms. The summed E-state index contributed by atoms with van der Waals surface area (Å²) in [7, 11) is 0. The molecule has 22 heavy (non-hydrogen) atoms. The van der Waals surface area contributed by atoms with Crippen LogP contribution in [0, 0.1) is 11.7 Å². The second kappa shape index (κ2) is 5.09. The first-order valence-electron chi connectivity index (χ1n) is 7.55. The molecule has 3 aromatic rings. The highest BCUT2D eigenvalue weighted by atomic mass is 19.1. The summed E-state index contributed by atoms with van der Waals surface area (Å²) in [4.78, 5) is 12.5. The lowest BCUT2D eigenvalue weighted by atomic mass is 9.85. The van der Waals surface area contributed by atoms with Crippen LogP contribution in [0.1, 0.15) is 19.3 Å². The first-order chi connectivity index (χ1) is 10.7. The van der Waals surface area contributed by atoms with Gasteiger partial charge in [-0.3, -0.25) is 4.79 Å². The minimum absolute atomic E-state index is 0.0183. The summed E-state index contributed by atoms with van der Waals surface area (Å²) in [5.41, 5.74) is 2.02. The third kappa shape index (κ3) is 2.22. The van der Waals surface area contributed by atoms with Crippen molar-refractivity contribution in [3.8, 4) is 11.3 Å². The molecule has 0 aliphatic heterocycles. The lowest BCUT2D eigenvalue weighted by molar-refractivity contribution is 0.274. The number of aromatic nitrogens is 3. The lowest BCUT2D eigenvalue weighted by Gasteiger charge is -2.25. The van der Waals surface area contributed by atoms with E-state index in [-0.39, 0.29) is 11.4 Å². The zero-order valence-electron chi connectivity index (χ0n) is 12.1. The van der Waals surface area contributed by atoms with Crippen LogP contribution in [0.15, 0.2) is 47.5 Å². The molecule has 1 aliphatic rings. The fraction of sp³-hybridized carbons (Fsp3) is 0.294. The lowest BCUT2D eigenvalue weighted by Crippen LogP contribution is -2.27. The number of fused-ring (bicyclic) bond motifs is 1. The van der Waals surface area contributed by atoms with E-state index in [1.54, 1.807) is 33.5 Å². The average molecular weight is 297 g/mol. The molecule has 4 rings (SSSR count). The van der Waals surface area contributed by atoms with Gasteiger partial charge in [-0.2, -0.15) is 5.10 Å². The smallest absolute Gasteiger partial charge is 0.276 e. The van der Waals surface area contributed by atoms with E-state index in [4.69, 9.17) is 0 Å². The zero-order chi connectivity index (χ0) is 15.1. The molecule has 1 fully saturated rings. The van der Waals surface area contributed by atoms with Crippen LogP contribution in [-0.4, -0.2) is 14.2 Å². The molecule has 1 aliphatic carbocycles. The molecule has 5 heteroatoms. The van der Waals surface area contributed by atoms with Gasteiger partial charge in [0.2, 0.25) is 0 Å². The second-order valence-electron chi connectivity index (χ2n) is 5.92. The molecular formula is C17H16FN3O. The highest BCUT2D eigenvalue weighted by molar-refractivity contribution is 5.65. The number of benzene rings is 1. The number of hydrogen-bond donors (Lipinski definition) is 0. The molecule has 0 N–H and O–H groups in total. The van der Waals surface area contributed by atoms with Gasteiger partial charge in [-0.25, -0.2) is 8.91 Å². The minimum atomic E-state index is -0.282. The molecule has 0 saturated heterocycles. The van der Waals surface area contributed by atoms with Crippen molar-refractivity contribution in [2.45, 2.75) is 25.8 Å². The van der Waals surface area contributed by atoms with E-state index in [1.165, 1.54) is 31.4 Å². The van der Waals surface area contributed by atoms with Gasteiger partial charge in [0.05, 0.1) is 5.69 Å². The van der Waals surface area contributed by atoms with Crippen LogP contribution in [0.4, 0.5) is 4.39 Å². The molecular weight excluding hydrogens is 281 g/mol. The highest BCUT2D eigenvalue weighted by Crippen LogP contribution is 2.27. The van der Waals surface area contributed by atoms with Crippen molar-refractivity contribution in [3.05, 3.63) is 58.9 Å². The van der Waals surface area contributed by atoms with Gasteiger partial charge in [-0.1, -0.05) is 6.42 Å². The van der Waals surface area contributed by atoms with Crippen LogP contribution in [0.5, 0.6) is 0 Å². The monoisotopic (exact) mass is 297 g/mol. The van der Waals surface area contributed by atoms with Crippen molar-refractivity contribution in [1.29, 1.82) is 0 Å². The van der Waals surface area contributed by atoms with Crippen LogP contribution < -0.4 is 5.56 Å². The van der Waals surface area contributed by atoms with Crippen LogP contribution in [-0.2, 0) is 6.54 Å². The third-order valence-electron chi connectivity index (χ3n) is 4.42. The highest BCUT2D eigenvalue weighted by Gasteiger charge is 2.19. The molecule has 2 heterocycles. The van der Waals surface area contributed by atoms with E-state index in [9.17, 15) is 9.18 Å². The van der Waals surface area contributed by atoms with Crippen LogP contribution in [0.3, 0.4) is 0 Å². The molecule has 1 aromatic carbocycles. The summed E-state index contributed by atoms with van der Waals surface area (Å²) in [6, 6.07) is 7.91. The van der Waals surface area contributed by atoms with E-state index in [0.29, 0.717) is 17.1 Å². The Bertz CT molecular complexity index is 875. The Morgan fingerprint density at radius 1 is 1.18 bits per heavy atom. The molecule has 1 saturated carbocycles. The summed E-state index contributed by atoms with van der Waals surface area (Å²) >= 11 is 0. The Hall–Kier alpha value is -2.43. The van der Waals surface area contributed by atoms with E-state index in [2.05, 4.69) is 5.10 Å². The van der Waals surface area contributed by atoms with Gasteiger partial charge >= 0.3 is 0 Å². The van der Waals surface area contributed by atoms with Gasteiger partial charge in [0, 0.05) is 24.5 Å². The number of rotatable bonds is 3. The third-order valence-corrected chi connectivity index (χ3v) is 4.42. The predicted molar refractivity (Wildman–Crippen MR) is 82.2 cm³/mol. The summed E-state index contributed by atoms with van der Waals surface area (Å²) in [5, 5.41) is 4.41. The van der Waals surface area contributed by atoms with Gasteiger partial charge in [0.1, 0.15) is 11.3 Å². The Balaban J connectivity index is 1.75. The van der Waals surface area contributed by atoms with E-state index in [0.717, 1.165) is 12.1 Å². The first kappa shape index (κ1) is 13.2. The van der Waals surface area contributed by atoms with Crippen LogP contribution >= 0.6 is 0 Å². The van der Waals surface area contributed by atoms with Crippen molar-refractivity contribution in [1.82, 2.24) is 14.2 Å². The van der Waals surface area contributed by atoms with E-state index >= 15 is 0 Å². The van der Waals surface area contributed by atoms with Crippen molar-refractivity contribution in [2.24, 2.45) is 5.92 Å². The predicted octanol–water partition coefficient (Wildman–Crippen LogP) is 3.10. The molecule has 112 valence electrons. The first-order valence-corrected chi connectivity index (χ1v) is 7.55. The van der Waals surface area contributed by atoms with Crippen LogP contribution in [0.25, 0.3) is 16.8 Å². The molecule has 4 nitrogen and oxygen atoms in total. The zero-order valence-corrected chi connectivity index (χ0v) is 12.1. The van der Waals surface area contributed by atoms with Gasteiger partial charge < -0.3 is 4.57 Å². The van der Waals surface area contributed by atoms with Crippen LogP contribution in [0.2, 0.25) is 0 Å². The standard InChI is InChI=1S/C17H16FN3O/c18-14-6-4-13(5-7-14)15-10-16-17(22)20(8-9-21(16)19-15)11-12-2-1-3-12/h4-10,12H,1-3,11H2. The van der Waals surface area contributed by atoms with Crippen molar-refractivity contribution >= 4 is 5.52 Å². The average Bonchev–Trinajstić information content (AvgIpc) is 2.90. The fourth-order valence-electron chi connectivity index (χ4n) is 2.89. The summed E-state index contributed by atoms with van der Waals surface area (Å²) in [6.45, 7) is 0.784. The van der Waals surface area contributed by atoms with E-state index in [1.807, 2.05) is 6.20 Å². The van der Waals surface area contributed by atoms with Gasteiger partial charge in [-0.05, 0) is 49.1 Å². The topological polar surface area (TPSA) is 39.3 Å². The number of halogens is 1.